The number of hydrogen-bond donors (Lipinski definition) is 0. The highest BCUT2D eigenvalue weighted by Gasteiger charge is 2.20. The van der Waals surface area contributed by atoms with E-state index < -0.39 is 0 Å². The van der Waals surface area contributed by atoms with Crippen molar-refractivity contribution in [1.29, 1.82) is 0 Å². The minimum absolute atomic E-state index is 0.179. The van der Waals surface area contributed by atoms with Gasteiger partial charge in [0, 0.05) is 17.3 Å². The van der Waals surface area contributed by atoms with E-state index in [2.05, 4.69) is 9.79 Å². The van der Waals surface area contributed by atoms with Gasteiger partial charge in [-0.2, -0.15) is 0 Å². The van der Waals surface area contributed by atoms with E-state index in [1.165, 1.54) is 0 Å². The van der Waals surface area contributed by atoms with Crippen LogP contribution in [0.15, 0.2) is 16.8 Å². The topological polar surface area (TPSA) is 71.4 Å². The molecule has 0 atom stereocenters. The standard InChI is InChI=1S/C7H4N2O4/c10-9-5-2-7-6(11-3-12-7)1-4(5)8-13-9/h1-2H,3H2. The molecule has 0 unspecified atom stereocenters. The minimum Gasteiger partial charge on any atom is -0.453 e. The molecule has 0 N–H and O–H groups in total. The first kappa shape index (κ1) is 6.53. The van der Waals surface area contributed by atoms with Crippen LogP contribution in [-0.4, -0.2) is 11.9 Å². The van der Waals surface area contributed by atoms with Gasteiger partial charge in [0.1, 0.15) is 0 Å². The lowest BCUT2D eigenvalue weighted by Gasteiger charge is -1.91. The molecule has 66 valence electrons. The van der Waals surface area contributed by atoms with Gasteiger partial charge in [-0.15, -0.1) is 0 Å². The van der Waals surface area contributed by atoms with Gasteiger partial charge >= 0.3 is 0 Å². The van der Waals surface area contributed by atoms with E-state index in [9.17, 15) is 5.21 Å². The molecule has 0 radical (unpaired) electrons. The summed E-state index contributed by atoms with van der Waals surface area (Å²) in [5.74, 6) is 1.13. The van der Waals surface area contributed by atoms with E-state index in [1.54, 1.807) is 12.1 Å². The van der Waals surface area contributed by atoms with Crippen LogP contribution in [0, 0.1) is 5.21 Å². The fourth-order valence-corrected chi connectivity index (χ4v) is 1.26. The maximum atomic E-state index is 11.0. The van der Waals surface area contributed by atoms with Gasteiger partial charge < -0.3 is 14.7 Å². The molecule has 0 bridgehead atoms. The first-order valence-corrected chi connectivity index (χ1v) is 3.64. The largest absolute Gasteiger partial charge is 0.453 e. The Balaban J connectivity index is 2.38. The maximum absolute atomic E-state index is 11.0. The van der Waals surface area contributed by atoms with Crippen molar-refractivity contribution >= 4 is 11.0 Å². The summed E-state index contributed by atoms with van der Waals surface area (Å²) >= 11 is 0. The van der Waals surface area contributed by atoms with Crippen molar-refractivity contribution in [2.24, 2.45) is 0 Å². The highest BCUT2D eigenvalue weighted by atomic mass is 16.8. The Morgan fingerprint density at radius 1 is 1.31 bits per heavy atom. The third-order valence-electron chi connectivity index (χ3n) is 1.88. The lowest BCUT2D eigenvalue weighted by Crippen LogP contribution is -2.22. The summed E-state index contributed by atoms with van der Waals surface area (Å²) in [5.41, 5.74) is 0.795. The highest BCUT2D eigenvalue weighted by Crippen LogP contribution is 2.34. The van der Waals surface area contributed by atoms with Crippen LogP contribution < -0.4 is 14.4 Å². The molecule has 1 aromatic heterocycles. The Morgan fingerprint density at radius 2 is 2.08 bits per heavy atom. The van der Waals surface area contributed by atoms with Crippen molar-refractivity contribution in [2.75, 3.05) is 6.79 Å². The second-order valence-electron chi connectivity index (χ2n) is 2.62. The molecule has 0 fully saturated rings. The third-order valence-corrected chi connectivity index (χ3v) is 1.88. The molecule has 1 aliphatic rings. The average molecular weight is 180 g/mol. The van der Waals surface area contributed by atoms with Crippen molar-refractivity contribution in [3.63, 3.8) is 0 Å². The predicted molar refractivity (Wildman–Crippen MR) is 39.1 cm³/mol. The summed E-state index contributed by atoms with van der Waals surface area (Å²) in [6.45, 7) is 0.179. The molecule has 0 spiro atoms. The normalized spacial score (nSPS) is 13.8. The average Bonchev–Trinajstić information content (AvgIpc) is 2.70. The molecular formula is C7H4N2O4. The summed E-state index contributed by atoms with van der Waals surface area (Å²) in [7, 11) is 0. The second-order valence-corrected chi connectivity index (χ2v) is 2.62. The van der Waals surface area contributed by atoms with Crippen LogP contribution in [0.25, 0.3) is 11.0 Å². The molecule has 2 heterocycles. The Kier molecular flexibility index (Phi) is 1.02. The Bertz CT molecular complexity index is 479. The molecule has 0 saturated heterocycles. The summed E-state index contributed by atoms with van der Waals surface area (Å²) in [4.78, 5) is 0.331. The number of benzene rings is 1. The Labute approximate surface area is 71.8 Å². The summed E-state index contributed by atoms with van der Waals surface area (Å²) < 4.78 is 14.6. The van der Waals surface area contributed by atoms with Crippen LogP contribution in [0.4, 0.5) is 0 Å². The van der Waals surface area contributed by atoms with E-state index in [1.807, 2.05) is 0 Å². The van der Waals surface area contributed by atoms with Crippen molar-refractivity contribution < 1.29 is 19.0 Å². The van der Waals surface area contributed by atoms with Crippen LogP contribution in [0.2, 0.25) is 0 Å². The van der Waals surface area contributed by atoms with Gasteiger partial charge in [-0.25, -0.2) is 0 Å². The molecule has 1 aromatic carbocycles. The number of fused-ring (bicyclic) bond motifs is 2. The van der Waals surface area contributed by atoms with Gasteiger partial charge in [0.15, 0.2) is 11.5 Å². The Hall–Kier alpha value is -1.98. The summed E-state index contributed by atoms with van der Waals surface area (Å²) in [6, 6.07) is 3.15. The SMILES string of the molecule is [O-][n+]1onc2cc3c(cc21)OCO3. The fraction of sp³-hybridized carbons (Fsp3) is 0.143. The van der Waals surface area contributed by atoms with Gasteiger partial charge in [0.2, 0.25) is 12.3 Å². The zero-order chi connectivity index (χ0) is 8.84. The summed E-state index contributed by atoms with van der Waals surface area (Å²) in [5, 5.41) is 14.5. The molecule has 0 aliphatic carbocycles. The van der Waals surface area contributed by atoms with Gasteiger partial charge in [-0.1, -0.05) is 0 Å². The zero-order valence-electron chi connectivity index (χ0n) is 6.39. The lowest BCUT2D eigenvalue weighted by molar-refractivity contribution is -0.782. The van der Waals surface area contributed by atoms with E-state index in [0.29, 0.717) is 27.4 Å². The summed E-state index contributed by atoms with van der Waals surface area (Å²) in [6.07, 6.45) is 0. The van der Waals surface area contributed by atoms with Crippen molar-refractivity contribution in [1.82, 2.24) is 5.16 Å². The molecule has 3 rings (SSSR count). The van der Waals surface area contributed by atoms with Gasteiger partial charge in [-0.05, 0) is 4.90 Å². The van der Waals surface area contributed by atoms with Gasteiger partial charge in [0.25, 0.3) is 5.52 Å². The first-order chi connectivity index (χ1) is 6.34. The molecule has 13 heavy (non-hydrogen) atoms. The van der Waals surface area contributed by atoms with Crippen LogP contribution in [0.1, 0.15) is 0 Å². The number of hydrogen-bond acceptors (Lipinski definition) is 5. The molecular weight excluding hydrogens is 176 g/mol. The van der Waals surface area contributed by atoms with Crippen LogP contribution in [-0.2, 0) is 0 Å². The van der Waals surface area contributed by atoms with Crippen molar-refractivity contribution in [3.05, 3.63) is 17.3 Å². The van der Waals surface area contributed by atoms with Crippen molar-refractivity contribution in [3.8, 4) is 11.5 Å². The number of nitrogens with zero attached hydrogens (tertiary/aromatic N) is 2. The van der Waals surface area contributed by atoms with Crippen molar-refractivity contribution in [2.45, 2.75) is 0 Å². The maximum Gasteiger partial charge on any atom is 0.252 e. The quantitative estimate of drug-likeness (QED) is 0.541. The smallest absolute Gasteiger partial charge is 0.252 e. The van der Waals surface area contributed by atoms with Crippen LogP contribution in [0.3, 0.4) is 0 Å². The third kappa shape index (κ3) is 0.765. The van der Waals surface area contributed by atoms with Gasteiger partial charge in [-0.3, -0.25) is 4.63 Å². The molecule has 6 heteroatoms. The van der Waals surface area contributed by atoms with E-state index >= 15 is 0 Å². The van der Waals surface area contributed by atoms with E-state index in [-0.39, 0.29) is 6.79 Å². The van der Waals surface area contributed by atoms with E-state index in [4.69, 9.17) is 9.47 Å². The molecule has 0 amide bonds. The molecule has 2 aromatic rings. The van der Waals surface area contributed by atoms with E-state index in [0.717, 1.165) is 0 Å². The fourth-order valence-electron chi connectivity index (χ4n) is 1.26. The van der Waals surface area contributed by atoms with Crippen LogP contribution >= 0.6 is 0 Å². The second kappa shape index (κ2) is 2.03. The minimum atomic E-state index is 0.179. The molecule has 1 aliphatic heterocycles. The lowest BCUT2D eigenvalue weighted by atomic mass is 10.3. The monoisotopic (exact) mass is 180 g/mol. The molecule has 6 nitrogen and oxygen atoms in total. The van der Waals surface area contributed by atoms with Crippen LogP contribution in [0.5, 0.6) is 11.5 Å². The zero-order valence-corrected chi connectivity index (χ0v) is 6.39. The number of rotatable bonds is 0. The number of ether oxygens (including phenoxy) is 2. The predicted octanol–water partition coefficient (Wildman–Crippen LogP) is 0.190. The highest BCUT2D eigenvalue weighted by molar-refractivity contribution is 5.75. The Morgan fingerprint density at radius 3 is 2.92 bits per heavy atom. The first-order valence-electron chi connectivity index (χ1n) is 3.64. The number of aromatic nitrogens is 2. The van der Waals surface area contributed by atoms with Gasteiger partial charge in [0.05, 0.1) is 0 Å². The molecule has 0 saturated carbocycles.